The van der Waals surface area contributed by atoms with Gasteiger partial charge in [0.25, 0.3) is 0 Å². The fraction of sp³-hybridized carbons (Fsp3) is 0.571. The number of hydrogen-bond donors (Lipinski definition) is 0. The van der Waals surface area contributed by atoms with E-state index < -0.39 is 13.3 Å². The molecule has 1 aromatic carbocycles. The maximum absolute atomic E-state index is 12.9. The molecule has 0 saturated carbocycles. The van der Waals surface area contributed by atoms with Gasteiger partial charge in [-0.1, -0.05) is 6.08 Å². The molecule has 0 amide bonds. The molecule has 4 nitrogen and oxygen atoms in total. The van der Waals surface area contributed by atoms with Crippen molar-refractivity contribution in [3.8, 4) is 0 Å². The van der Waals surface area contributed by atoms with E-state index in [1.807, 2.05) is 13.8 Å². The summed E-state index contributed by atoms with van der Waals surface area (Å²) < 4.78 is 16.9. The molecule has 0 radical (unpaired) electrons. The van der Waals surface area contributed by atoms with E-state index in [4.69, 9.17) is 14.2 Å². The van der Waals surface area contributed by atoms with Gasteiger partial charge in [-0.3, -0.25) is 0 Å². The van der Waals surface area contributed by atoms with Crippen LogP contribution < -0.4 is 0 Å². The van der Waals surface area contributed by atoms with Gasteiger partial charge in [0.15, 0.2) is 0 Å². The zero-order chi connectivity index (χ0) is 19.7. The van der Waals surface area contributed by atoms with Gasteiger partial charge in [-0.05, 0) is 0 Å². The Morgan fingerprint density at radius 1 is 1.00 bits per heavy atom. The third-order valence-electron chi connectivity index (χ3n) is 4.27. The molecule has 146 valence electrons. The second-order valence-corrected chi connectivity index (χ2v) is 18.0. The molecule has 0 spiro atoms. The molecular formula is C21H34GeO4. The van der Waals surface area contributed by atoms with Crippen molar-refractivity contribution in [3.05, 3.63) is 46.5 Å². The third-order valence-corrected chi connectivity index (χ3v) is 7.65. The van der Waals surface area contributed by atoms with Crippen LogP contribution in [0.4, 0.5) is 0 Å². The van der Waals surface area contributed by atoms with E-state index in [0.717, 1.165) is 22.3 Å². The number of carbonyl (C=O) groups excluding carboxylic acids is 1. The minimum absolute atomic E-state index is 0.365. The number of rotatable bonds is 12. The zero-order valence-corrected chi connectivity index (χ0v) is 19.3. The molecule has 0 atom stereocenters. The summed E-state index contributed by atoms with van der Waals surface area (Å²) in [6.45, 7) is 13.0. The fourth-order valence-corrected chi connectivity index (χ4v) is 5.23. The van der Waals surface area contributed by atoms with Crippen molar-refractivity contribution >= 4 is 17.9 Å². The van der Waals surface area contributed by atoms with Crippen molar-refractivity contribution in [2.75, 3.05) is 33.0 Å². The van der Waals surface area contributed by atoms with E-state index in [0.29, 0.717) is 44.3 Å². The summed E-state index contributed by atoms with van der Waals surface area (Å²) in [6, 6.07) is 2.11. The van der Waals surface area contributed by atoms with Gasteiger partial charge in [0.1, 0.15) is 0 Å². The average molecular weight is 423 g/mol. The Balaban J connectivity index is 2.62. The summed E-state index contributed by atoms with van der Waals surface area (Å²) in [4.78, 5) is 12.9. The molecule has 0 heterocycles. The normalized spacial score (nSPS) is 11.6. The Morgan fingerprint density at radius 2 is 1.58 bits per heavy atom. The molecule has 5 heteroatoms. The number of carbonyl (C=O) groups is 1. The molecule has 26 heavy (non-hydrogen) atoms. The van der Waals surface area contributed by atoms with Crippen molar-refractivity contribution in [2.45, 2.75) is 44.6 Å². The van der Waals surface area contributed by atoms with Gasteiger partial charge in [-0.2, -0.15) is 0 Å². The summed E-state index contributed by atoms with van der Waals surface area (Å²) in [7, 11) is 0. The summed E-state index contributed by atoms with van der Waals surface area (Å²) in [5.41, 5.74) is 5.37. The van der Waals surface area contributed by atoms with Crippen molar-refractivity contribution < 1.29 is 19.0 Å². The molecule has 0 aliphatic rings. The van der Waals surface area contributed by atoms with Crippen LogP contribution in [0.15, 0.2) is 18.7 Å². The summed E-state index contributed by atoms with van der Waals surface area (Å²) in [5, 5.41) is 0. The first-order chi connectivity index (χ1) is 12.2. The van der Waals surface area contributed by atoms with Crippen LogP contribution in [0.2, 0.25) is 17.3 Å². The minimum atomic E-state index is -2.41. The van der Waals surface area contributed by atoms with Crippen molar-refractivity contribution in [1.82, 2.24) is 0 Å². The number of aryl methyl sites for hydroxylation is 2. The Kier molecular flexibility index (Phi) is 9.79. The van der Waals surface area contributed by atoms with Gasteiger partial charge < -0.3 is 0 Å². The Hall–Kier alpha value is -0.947. The van der Waals surface area contributed by atoms with Crippen LogP contribution in [0.25, 0.3) is 0 Å². The van der Waals surface area contributed by atoms with E-state index in [-0.39, 0.29) is 0 Å². The Bertz CT molecular complexity index is 617. The first-order valence-corrected chi connectivity index (χ1v) is 16.5. The van der Waals surface area contributed by atoms with Crippen LogP contribution in [0, 0.1) is 20.8 Å². The van der Waals surface area contributed by atoms with Crippen LogP contribution in [0.1, 0.15) is 32.6 Å². The van der Waals surface area contributed by atoms with Crippen LogP contribution in [-0.2, 0) is 20.8 Å². The van der Waals surface area contributed by atoms with E-state index in [1.54, 1.807) is 6.08 Å². The second-order valence-electron chi connectivity index (χ2n) is 7.60. The second kappa shape index (κ2) is 11.0. The third kappa shape index (κ3) is 6.99. The van der Waals surface area contributed by atoms with Crippen LogP contribution in [0.3, 0.4) is 0 Å². The molecule has 0 aliphatic heterocycles. The molecule has 1 rings (SSSR count). The standard InChI is InChI=1S/C21H34GeO4/c1-8-9-24-10-11-25-12-13-26-15-19-16(2)14-17(3)20(18(19)4)21(23)22(5,6)7/h8,14H,1,9-13,15H2,2-7H3. The molecule has 0 saturated heterocycles. The molecule has 1 aromatic rings. The summed E-state index contributed by atoms with van der Waals surface area (Å²) in [6.07, 6.45) is 1.72. The van der Waals surface area contributed by atoms with Gasteiger partial charge >= 0.3 is 142 Å². The van der Waals surface area contributed by atoms with E-state index in [1.165, 1.54) is 5.56 Å². The van der Waals surface area contributed by atoms with E-state index in [9.17, 15) is 4.79 Å². The van der Waals surface area contributed by atoms with E-state index >= 15 is 0 Å². The fourth-order valence-electron chi connectivity index (χ4n) is 2.85. The molecule has 0 aliphatic carbocycles. The molecule has 0 fully saturated rings. The summed E-state index contributed by atoms with van der Waals surface area (Å²) >= 11 is -2.41. The zero-order valence-electron chi connectivity index (χ0n) is 17.2. The van der Waals surface area contributed by atoms with Crippen molar-refractivity contribution in [2.24, 2.45) is 0 Å². The van der Waals surface area contributed by atoms with Gasteiger partial charge in [0.05, 0.1) is 6.61 Å². The number of ether oxygens (including phenoxy) is 3. The Labute approximate surface area is 161 Å². The predicted molar refractivity (Wildman–Crippen MR) is 110 cm³/mol. The molecule has 0 N–H and O–H groups in total. The molecule has 0 bridgehead atoms. The maximum atomic E-state index is 12.9. The molecule has 0 aromatic heterocycles. The topological polar surface area (TPSA) is 44.8 Å². The van der Waals surface area contributed by atoms with Crippen LogP contribution >= 0.6 is 0 Å². The first kappa shape index (κ1) is 23.1. The summed E-state index contributed by atoms with van der Waals surface area (Å²) in [5.74, 6) is 6.44. The molecular weight excluding hydrogens is 389 g/mol. The Morgan fingerprint density at radius 3 is 2.15 bits per heavy atom. The quantitative estimate of drug-likeness (QED) is 0.284. The van der Waals surface area contributed by atoms with Gasteiger partial charge in [0, 0.05) is 0 Å². The van der Waals surface area contributed by atoms with Crippen molar-refractivity contribution in [1.29, 1.82) is 0 Å². The first-order valence-electron chi connectivity index (χ1n) is 9.18. The van der Waals surface area contributed by atoms with Crippen LogP contribution in [-0.4, -0.2) is 50.9 Å². The van der Waals surface area contributed by atoms with Gasteiger partial charge in [-0.15, -0.1) is 6.58 Å². The van der Waals surface area contributed by atoms with Gasteiger partial charge in [-0.25, -0.2) is 0 Å². The van der Waals surface area contributed by atoms with E-state index in [2.05, 4.69) is 36.8 Å². The van der Waals surface area contributed by atoms with Crippen molar-refractivity contribution in [3.63, 3.8) is 0 Å². The molecule has 0 unspecified atom stereocenters. The number of benzene rings is 1. The predicted octanol–water partition coefficient (Wildman–Crippen LogP) is 4.41. The SMILES string of the molecule is C=CCOCCOCCOCc1c(C)cc(C)c([C](=O)[Ge]([CH3])([CH3])[CH3])c1C. The number of hydrogen-bond acceptors (Lipinski definition) is 4. The van der Waals surface area contributed by atoms with Crippen LogP contribution in [0.5, 0.6) is 0 Å². The monoisotopic (exact) mass is 424 g/mol. The average Bonchev–Trinajstić information content (AvgIpc) is 2.54. The van der Waals surface area contributed by atoms with Gasteiger partial charge in [0.2, 0.25) is 0 Å².